The van der Waals surface area contributed by atoms with Gasteiger partial charge in [0.25, 0.3) is 5.91 Å². The Morgan fingerprint density at radius 1 is 1.47 bits per heavy atom. The van der Waals surface area contributed by atoms with E-state index in [4.69, 9.17) is 5.11 Å². The predicted molar refractivity (Wildman–Crippen MR) is 70.1 cm³/mol. The topological polar surface area (TPSA) is 80.0 Å². The summed E-state index contributed by atoms with van der Waals surface area (Å²) >= 11 is 0. The van der Waals surface area contributed by atoms with Crippen molar-refractivity contribution in [2.24, 2.45) is 0 Å². The Morgan fingerprint density at radius 2 is 2.16 bits per heavy atom. The average Bonchev–Trinajstić information content (AvgIpc) is 2.79. The first-order chi connectivity index (χ1) is 9.09. The molecule has 100 valence electrons. The first-order valence-corrected chi connectivity index (χ1v) is 6.01. The fourth-order valence-corrected chi connectivity index (χ4v) is 1.71. The van der Waals surface area contributed by atoms with Crippen LogP contribution in [0.1, 0.15) is 23.0 Å². The van der Waals surface area contributed by atoms with E-state index in [2.05, 4.69) is 15.4 Å². The number of pyridine rings is 1. The van der Waals surface area contributed by atoms with Crippen LogP contribution in [0, 0.1) is 6.92 Å². The summed E-state index contributed by atoms with van der Waals surface area (Å²) in [5.74, 6) is -0.237. The van der Waals surface area contributed by atoms with Crippen molar-refractivity contribution in [1.29, 1.82) is 0 Å². The van der Waals surface area contributed by atoms with Crippen LogP contribution in [0.5, 0.6) is 0 Å². The minimum absolute atomic E-state index is 0.221. The maximum atomic E-state index is 11.9. The largest absolute Gasteiger partial charge is 0.392 e. The van der Waals surface area contributed by atoms with Crippen LogP contribution in [0.3, 0.4) is 0 Å². The standard InChI is InChI=1S/C13H16N4O2/c1-9(18)7-15-13(19)12-8-16-17(10(12)2)11-3-5-14-6-4-11/h3-6,8-9,18H,7H2,1-2H3,(H,15,19). The zero-order chi connectivity index (χ0) is 13.8. The highest BCUT2D eigenvalue weighted by atomic mass is 16.3. The Balaban J connectivity index is 2.21. The van der Waals surface area contributed by atoms with Gasteiger partial charge in [-0.3, -0.25) is 9.78 Å². The van der Waals surface area contributed by atoms with Crippen LogP contribution in [0.15, 0.2) is 30.7 Å². The lowest BCUT2D eigenvalue weighted by Gasteiger charge is -2.07. The molecule has 0 spiro atoms. The zero-order valence-electron chi connectivity index (χ0n) is 10.9. The van der Waals surface area contributed by atoms with E-state index in [1.165, 1.54) is 6.20 Å². The van der Waals surface area contributed by atoms with E-state index in [1.807, 2.05) is 19.1 Å². The molecular weight excluding hydrogens is 244 g/mol. The van der Waals surface area contributed by atoms with E-state index in [-0.39, 0.29) is 12.5 Å². The summed E-state index contributed by atoms with van der Waals surface area (Å²) in [6, 6.07) is 3.63. The van der Waals surface area contributed by atoms with Gasteiger partial charge in [0.15, 0.2) is 0 Å². The summed E-state index contributed by atoms with van der Waals surface area (Å²) in [5.41, 5.74) is 2.09. The molecule has 2 rings (SSSR count). The molecule has 0 aliphatic rings. The molecule has 0 aliphatic carbocycles. The number of nitrogens with one attached hydrogen (secondary N) is 1. The Kier molecular flexibility index (Phi) is 3.91. The highest BCUT2D eigenvalue weighted by Crippen LogP contribution is 2.13. The molecular formula is C13H16N4O2. The number of aliphatic hydroxyl groups is 1. The lowest BCUT2D eigenvalue weighted by molar-refractivity contribution is 0.0923. The molecule has 0 fully saturated rings. The zero-order valence-corrected chi connectivity index (χ0v) is 10.9. The summed E-state index contributed by atoms with van der Waals surface area (Å²) < 4.78 is 1.68. The lowest BCUT2D eigenvalue weighted by Crippen LogP contribution is -2.30. The van der Waals surface area contributed by atoms with Gasteiger partial charge in [-0.2, -0.15) is 5.10 Å². The number of hydrogen-bond acceptors (Lipinski definition) is 4. The van der Waals surface area contributed by atoms with E-state index in [1.54, 1.807) is 24.0 Å². The third kappa shape index (κ3) is 2.97. The second kappa shape index (κ2) is 5.62. The fraction of sp³-hybridized carbons (Fsp3) is 0.308. The summed E-state index contributed by atoms with van der Waals surface area (Å²) in [6.45, 7) is 3.66. The first-order valence-electron chi connectivity index (χ1n) is 6.01. The van der Waals surface area contributed by atoms with Crippen molar-refractivity contribution < 1.29 is 9.90 Å². The van der Waals surface area contributed by atoms with Gasteiger partial charge >= 0.3 is 0 Å². The molecule has 1 atom stereocenters. The van der Waals surface area contributed by atoms with Gasteiger partial charge in [-0.1, -0.05) is 0 Å². The van der Waals surface area contributed by atoms with Crippen molar-refractivity contribution in [3.63, 3.8) is 0 Å². The molecule has 2 heterocycles. The van der Waals surface area contributed by atoms with Crippen molar-refractivity contribution in [2.45, 2.75) is 20.0 Å². The van der Waals surface area contributed by atoms with Gasteiger partial charge in [0.2, 0.25) is 0 Å². The lowest BCUT2D eigenvalue weighted by atomic mass is 10.2. The summed E-state index contributed by atoms with van der Waals surface area (Å²) in [4.78, 5) is 15.9. The van der Waals surface area contributed by atoms with Crippen LogP contribution in [0.4, 0.5) is 0 Å². The minimum Gasteiger partial charge on any atom is -0.392 e. The number of carbonyl (C=O) groups excluding carboxylic acids is 1. The first kappa shape index (κ1) is 13.2. The van der Waals surface area contributed by atoms with Crippen LogP contribution < -0.4 is 5.32 Å². The number of aliphatic hydroxyl groups excluding tert-OH is 1. The van der Waals surface area contributed by atoms with Crippen molar-refractivity contribution >= 4 is 5.91 Å². The van der Waals surface area contributed by atoms with Gasteiger partial charge in [-0.25, -0.2) is 4.68 Å². The van der Waals surface area contributed by atoms with E-state index in [9.17, 15) is 4.79 Å². The number of hydrogen-bond donors (Lipinski definition) is 2. The Hall–Kier alpha value is -2.21. The van der Waals surface area contributed by atoms with Crippen molar-refractivity contribution in [2.75, 3.05) is 6.54 Å². The number of amides is 1. The minimum atomic E-state index is -0.570. The van der Waals surface area contributed by atoms with Gasteiger partial charge in [0.05, 0.1) is 29.2 Å². The van der Waals surface area contributed by atoms with E-state index >= 15 is 0 Å². The number of aromatic nitrogens is 3. The monoisotopic (exact) mass is 260 g/mol. The van der Waals surface area contributed by atoms with Crippen LogP contribution in [0.25, 0.3) is 5.69 Å². The third-order valence-corrected chi connectivity index (χ3v) is 2.72. The normalized spacial score (nSPS) is 12.2. The van der Waals surface area contributed by atoms with Gasteiger partial charge in [0, 0.05) is 18.9 Å². The molecule has 1 amide bonds. The Bertz CT molecular complexity index is 563. The smallest absolute Gasteiger partial charge is 0.254 e. The maximum Gasteiger partial charge on any atom is 0.254 e. The number of carbonyl (C=O) groups is 1. The van der Waals surface area contributed by atoms with E-state index < -0.39 is 6.10 Å². The van der Waals surface area contributed by atoms with Crippen molar-refractivity contribution in [3.8, 4) is 5.69 Å². The quantitative estimate of drug-likeness (QED) is 0.847. The molecule has 0 saturated heterocycles. The highest BCUT2D eigenvalue weighted by Gasteiger charge is 2.15. The fourth-order valence-electron chi connectivity index (χ4n) is 1.71. The molecule has 2 aromatic rings. The molecule has 2 N–H and O–H groups in total. The molecule has 0 bridgehead atoms. The van der Waals surface area contributed by atoms with Crippen molar-refractivity contribution in [1.82, 2.24) is 20.1 Å². The SMILES string of the molecule is Cc1c(C(=O)NCC(C)O)cnn1-c1ccncc1. The average molecular weight is 260 g/mol. The van der Waals surface area contributed by atoms with Crippen LogP contribution in [-0.4, -0.2) is 38.4 Å². The van der Waals surface area contributed by atoms with E-state index in [0.29, 0.717) is 5.56 Å². The predicted octanol–water partition coefficient (Wildman–Crippen LogP) is 0.686. The summed E-state index contributed by atoms with van der Waals surface area (Å²) in [7, 11) is 0. The number of nitrogens with zero attached hydrogens (tertiary/aromatic N) is 3. The molecule has 0 radical (unpaired) electrons. The molecule has 0 aromatic carbocycles. The van der Waals surface area contributed by atoms with Crippen molar-refractivity contribution in [3.05, 3.63) is 42.0 Å². The molecule has 1 unspecified atom stereocenters. The molecule has 6 heteroatoms. The van der Waals surface area contributed by atoms with Crippen LogP contribution in [0.2, 0.25) is 0 Å². The van der Waals surface area contributed by atoms with Gasteiger partial charge in [-0.15, -0.1) is 0 Å². The van der Waals surface area contributed by atoms with Crippen LogP contribution >= 0.6 is 0 Å². The van der Waals surface area contributed by atoms with Gasteiger partial charge in [0.1, 0.15) is 0 Å². The number of rotatable bonds is 4. The molecule has 0 saturated carbocycles. The molecule has 19 heavy (non-hydrogen) atoms. The molecule has 6 nitrogen and oxygen atoms in total. The second-order valence-corrected chi connectivity index (χ2v) is 4.32. The summed E-state index contributed by atoms with van der Waals surface area (Å²) in [5, 5.41) is 16.0. The summed E-state index contributed by atoms with van der Waals surface area (Å²) in [6.07, 6.45) is 4.29. The Labute approximate surface area is 111 Å². The Morgan fingerprint density at radius 3 is 2.79 bits per heavy atom. The second-order valence-electron chi connectivity index (χ2n) is 4.32. The maximum absolute atomic E-state index is 11.9. The third-order valence-electron chi connectivity index (χ3n) is 2.72. The molecule has 0 aliphatic heterocycles. The van der Waals surface area contributed by atoms with Crippen LogP contribution in [-0.2, 0) is 0 Å². The van der Waals surface area contributed by atoms with Gasteiger partial charge < -0.3 is 10.4 Å². The highest BCUT2D eigenvalue weighted by molar-refractivity contribution is 5.95. The van der Waals surface area contributed by atoms with E-state index in [0.717, 1.165) is 11.4 Å². The molecule has 2 aromatic heterocycles. The van der Waals surface area contributed by atoms with Gasteiger partial charge in [-0.05, 0) is 26.0 Å².